The molecular weight excluding hydrogens is 296 g/mol. The Morgan fingerprint density at radius 3 is 2.50 bits per heavy atom. The SMILES string of the molecule is NC(c1ccc2ccc(-c3ccccc3)nc2c1)c1cnccn1. The van der Waals surface area contributed by atoms with Crippen molar-refractivity contribution < 1.29 is 0 Å². The molecule has 0 aliphatic rings. The minimum absolute atomic E-state index is 0.315. The van der Waals surface area contributed by atoms with Gasteiger partial charge in [-0.25, -0.2) is 4.98 Å². The molecule has 116 valence electrons. The van der Waals surface area contributed by atoms with Gasteiger partial charge >= 0.3 is 0 Å². The molecule has 0 aliphatic heterocycles. The minimum atomic E-state index is -0.315. The molecule has 1 atom stereocenters. The molecule has 4 aromatic rings. The second-order valence-corrected chi connectivity index (χ2v) is 5.62. The fraction of sp³-hybridized carbons (Fsp3) is 0.0500. The van der Waals surface area contributed by atoms with E-state index in [1.807, 2.05) is 42.5 Å². The summed E-state index contributed by atoms with van der Waals surface area (Å²) in [6, 6.07) is 20.1. The maximum absolute atomic E-state index is 6.33. The third-order valence-electron chi connectivity index (χ3n) is 4.05. The number of hydrogen-bond acceptors (Lipinski definition) is 4. The van der Waals surface area contributed by atoms with E-state index >= 15 is 0 Å². The average Bonchev–Trinajstić information content (AvgIpc) is 2.68. The fourth-order valence-corrected chi connectivity index (χ4v) is 2.74. The number of benzene rings is 2. The molecule has 4 heteroatoms. The highest BCUT2D eigenvalue weighted by atomic mass is 14.8. The molecule has 4 nitrogen and oxygen atoms in total. The standard InChI is InChI=1S/C20H16N4/c21-20(19-13-22-10-11-23-19)16-7-6-15-8-9-17(24-18(15)12-16)14-4-2-1-3-5-14/h1-13,20H,21H2. The highest BCUT2D eigenvalue weighted by Crippen LogP contribution is 2.24. The van der Waals surface area contributed by atoms with E-state index in [9.17, 15) is 0 Å². The van der Waals surface area contributed by atoms with Gasteiger partial charge in [-0.3, -0.25) is 9.97 Å². The Bertz CT molecular complexity index is 968. The van der Waals surface area contributed by atoms with E-state index in [4.69, 9.17) is 10.7 Å². The van der Waals surface area contributed by atoms with Crippen LogP contribution in [-0.4, -0.2) is 15.0 Å². The molecule has 0 radical (unpaired) electrons. The summed E-state index contributed by atoms with van der Waals surface area (Å²) in [5.41, 5.74) is 11.0. The van der Waals surface area contributed by atoms with Gasteiger partial charge in [0.15, 0.2) is 0 Å². The predicted molar refractivity (Wildman–Crippen MR) is 95.2 cm³/mol. The van der Waals surface area contributed by atoms with Gasteiger partial charge in [0, 0.05) is 23.3 Å². The zero-order valence-electron chi connectivity index (χ0n) is 13.0. The van der Waals surface area contributed by atoms with E-state index in [1.165, 1.54) is 0 Å². The summed E-state index contributed by atoms with van der Waals surface area (Å²) in [6.45, 7) is 0. The Hall–Kier alpha value is -3.11. The molecule has 4 rings (SSSR count). The molecule has 2 heterocycles. The molecule has 24 heavy (non-hydrogen) atoms. The van der Waals surface area contributed by atoms with Gasteiger partial charge in [0.2, 0.25) is 0 Å². The van der Waals surface area contributed by atoms with Crippen molar-refractivity contribution in [2.24, 2.45) is 5.73 Å². The van der Waals surface area contributed by atoms with Gasteiger partial charge in [0.25, 0.3) is 0 Å². The summed E-state index contributed by atoms with van der Waals surface area (Å²) >= 11 is 0. The van der Waals surface area contributed by atoms with Crippen molar-refractivity contribution in [2.75, 3.05) is 0 Å². The van der Waals surface area contributed by atoms with Gasteiger partial charge < -0.3 is 5.73 Å². The van der Waals surface area contributed by atoms with Crippen molar-refractivity contribution in [3.05, 3.63) is 90.5 Å². The average molecular weight is 312 g/mol. The number of fused-ring (bicyclic) bond motifs is 1. The van der Waals surface area contributed by atoms with E-state index in [0.717, 1.165) is 33.4 Å². The maximum Gasteiger partial charge on any atom is 0.0799 e. The summed E-state index contributed by atoms with van der Waals surface area (Å²) in [7, 11) is 0. The third-order valence-corrected chi connectivity index (χ3v) is 4.05. The molecule has 0 aliphatic carbocycles. The van der Waals surface area contributed by atoms with Crippen LogP contribution in [0.15, 0.2) is 79.3 Å². The van der Waals surface area contributed by atoms with E-state index in [2.05, 4.69) is 28.2 Å². The third kappa shape index (κ3) is 2.75. The number of aromatic nitrogens is 3. The van der Waals surface area contributed by atoms with Crippen LogP contribution in [0.4, 0.5) is 0 Å². The second kappa shape index (κ2) is 6.18. The Morgan fingerprint density at radius 1 is 0.875 bits per heavy atom. The Labute approximate surface area is 140 Å². The Balaban J connectivity index is 1.77. The Morgan fingerprint density at radius 2 is 1.71 bits per heavy atom. The lowest BCUT2D eigenvalue weighted by atomic mass is 10.0. The van der Waals surface area contributed by atoms with Crippen molar-refractivity contribution >= 4 is 10.9 Å². The summed E-state index contributed by atoms with van der Waals surface area (Å²) in [4.78, 5) is 13.2. The van der Waals surface area contributed by atoms with Crippen molar-refractivity contribution in [3.63, 3.8) is 0 Å². The molecule has 0 saturated carbocycles. The molecule has 0 bridgehead atoms. The molecule has 2 aromatic heterocycles. The van der Waals surface area contributed by atoms with Crippen molar-refractivity contribution in [1.82, 2.24) is 15.0 Å². The molecule has 2 N–H and O–H groups in total. The van der Waals surface area contributed by atoms with Crippen LogP contribution in [0.25, 0.3) is 22.2 Å². The van der Waals surface area contributed by atoms with E-state index < -0.39 is 0 Å². The van der Waals surface area contributed by atoms with E-state index in [1.54, 1.807) is 18.6 Å². The maximum atomic E-state index is 6.33. The molecular formula is C20H16N4. The first-order chi connectivity index (χ1) is 11.8. The Kier molecular flexibility index (Phi) is 3.73. The van der Waals surface area contributed by atoms with Crippen LogP contribution < -0.4 is 5.73 Å². The molecule has 0 spiro atoms. The molecule has 0 fully saturated rings. The summed E-state index contributed by atoms with van der Waals surface area (Å²) < 4.78 is 0. The first-order valence-electron chi connectivity index (χ1n) is 7.79. The number of rotatable bonds is 3. The lowest BCUT2D eigenvalue weighted by molar-refractivity contribution is 0.819. The first kappa shape index (κ1) is 14.5. The van der Waals surface area contributed by atoms with Gasteiger partial charge in [-0.2, -0.15) is 0 Å². The normalized spacial score (nSPS) is 12.2. The monoisotopic (exact) mass is 312 g/mol. The van der Waals surface area contributed by atoms with Crippen molar-refractivity contribution in [1.29, 1.82) is 0 Å². The molecule has 2 aromatic carbocycles. The van der Waals surface area contributed by atoms with Gasteiger partial charge in [0.1, 0.15) is 0 Å². The quantitative estimate of drug-likeness (QED) is 0.626. The smallest absolute Gasteiger partial charge is 0.0799 e. The van der Waals surface area contributed by atoms with Crippen LogP contribution in [0.2, 0.25) is 0 Å². The zero-order valence-corrected chi connectivity index (χ0v) is 13.0. The van der Waals surface area contributed by atoms with Gasteiger partial charge in [-0.1, -0.05) is 48.5 Å². The predicted octanol–water partition coefficient (Wildman–Crippen LogP) is 3.74. The largest absolute Gasteiger partial charge is 0.319 e. The van der Waals surface area contributed by atoms with Crippen LogP contribution in [0.5, 0.6) is 0 Å². The first-order valence-corrected chi connectivity index (χ1v) is 7.79. The topological polar surface area (TPSA) is 64.7 Å². The molecule has 0 amide bonds. The van der Waals surface area contributed by atoms with E-state index in [0.29, 0.717) is 0 Å². The summed E-state index contributed by atoms with van der Waals surface area (Å²) in [5, 5.41) is 1.09. The summed E-state index contributed by atoms with van der Waals surface area (Å²) in [5.74, 6) is 0. The number of hydrogen-bond donors (Lipinski definition) is 1. The number of pyridine rings is 1. The van der Waals surface area contributed by atoms with Gasteiger partial charge in [-0.15, -0.1) is 0 Å². The van der Waals surface area contributed by atoms with Gasteiger partial charge in [0.05, 0.1) is 29.1 Å². The van der Waals surface area contributed by atoms with Crippen LogP contribution >= 0.6 is 0 Å². The highest BCUT2D eigenvalue weighted by Gasteiger charge is 2.11. The van der Waals surface area contributed by atoms with Gasteiger partial charge in [-0.05, 0) is 17.7 Å². The fourth-order valence-electron chi connectivity index (χ4n) is 2.74. The molecule has 1 unspecified atom stereocenters. The van der Waals surface area contributed by atoms with Crippen LogP contribution in [-0.2, 0) is 0 Å². The number of nitrogens with zero attached hydrogens (tertiary/aromatic N) is 3. The van der Waals surface area contributed by atoms with Crippen molar-refractivity contribution in [3.8, 4) is 11.3 Å². The number of nitrogens with two attached hydrogens (primary N) is 1. The lowest BCUT2D eigenvalue weighted by Crippen LogP contribution is -2.13. The second-order valence-electron chi connectivity index (χ2n) is 5.62. The highest BCUT2D eigenvalue weighted by molar-refractivity contribution is 5.82. The summed E-state index contributed by atoms with van der Waals surface area (Å²) in [6.07, 6.45) is 5.00. The van der Waals surface area contributed by atoms with Crippen LogP contribution in [0.1, 0.15) is 17.3 Å². The van der Waals surface area contributed by atoms with Crippen LogP contribution in [0.3, 0.4) is 0 Å². The van der Waals surface area contributed by atoms with Crippen molar-refractivity contribution in [2.45, 2.75) is 6.04 Å². The van der Waals surface area contributed by atoms with E-state index in [-0.39, 0.29) is 6.04 Å². The molecule has 0 saturated heterocycles. The lowest BCUT2D eigenvalue weighted by Gasteiger charge is -2.12. The minimum Gasteiger partial charge on any atom is -0.319 e. The zero-order chi connectivity index (χ0) is 16.4. The van der Waals surface area contributed by atoms with Crippen LogP contribution in [0, 0.1) is 0 Å².